The molecule has 0 bridgehead atoms. The minimum atomic E-state index is -1.12. The van der Waals surface area contributed by atoms with Gasteiger partial charge in [-0.3, -0.25) is 0 Å². The molecule has 0 saturated carbocycles. The summed E-state index contributed by atoms with van der Waals surface area (Å²) in [6.07, 6.45) is 2.43. The van der Waals surface area contributed by atoms with E-state index in [0.717, 1.165) is 32.5 Å². The Kier molecular flexibility index (Phi) is 7.16. The minimum Gasteiger partial charge on any atom is -0.465 e. The molecule has 1 unspecified atom stereocenters. The zero-order chi connectivity index (χ0) is 16.0. The van der Waals surface area contributed by atoms with Crippen molar-refractivity contribution < 1.29 is 14.6 Å². The summed E-state index contributed by atoms with van der Waals surface area (Å²) in [5, 5.41) is 9.03. The van der Waals surface area contributed by atoms with E-state index >= 15 is 0 Å². The van der Waals surface area contributed by atoms with Crippen LogP contribution in [0.15, 0.2) is 0 Å². The number of amides is 1. The Morgan fingerprint density at radius 3 is 2.62 bits per heavy atom. The lowest BCUT2D eigenvalue weighted by molar-refractivity contribution is 0.0216. The number of nitrogens with zero attached hydrogens (tertiary/aromatic N) is 1. The Balaban J connectivity index is 2.67. The van der Waals surface area contributed by atoms with Gasteiger partial charge in [0.2, 0.25) is 0 Å². The molecule has 5 nitrogen and oxygen atoms in total. The second-order valence-corrected chi connectivity index (χ2v) is 13.2. The van der Waals surface area contributed by atoms with Crippen LogP contribution in [0.3, 0.4) is 0 Å². The smallest absolute Gasteiger partial charge is 0.407 e. The third kappa shape index (κ3) is 6.80. The summed E-state index contributed by atoms with van der Waals surface area (Å²) in [5.41, 5.74) is 6.37. The molecular formula is C15H32N2O3Si. The van der Waals surface area contributed by atoms with Crippen molar-refractivity contribution in [2.75, 3.05) is 26.8 Å². The summed E-state index contributed by atoms with van der Waals surface area (Å²) in [7, 11) is 0.475. The maximum atomic E-state index is 11.0. The zero-order valence-electron chi connectivity index (χ0n) is 14.0. The summed E-state index contributed by atoms with van der Waals surface area (Å²) in [5.74, 6) is 0.839. The molecular weight excluding hydrogens is 284 g/mol. The highest BCUT2D eigenvalue weighted by Gasteiger charge is 2.31. The highest BCUT2D eigenvalue weighted by Crippen LogP contribution is 2.30. The van der Waals surface area contributed by atoms with Gasteiger partial charge in [-0.15, -0.1) is 0 Å². The molecule has 3 atom stereocenters. The number of nitrogens with two attached hydrogens (primary N) is 1. The van der Waals surface area contributed by atoms with Gasteiger partial charge in [-0.05, 0) is 24.7 Å². The lowest BCUT2D eigenvalue weighted by Gasteiger charge is -2.36. The van der Waals surface area contributed by atoms with Crippen molar-refractivity contribution in [1.82, 2.24) is 4.90 Å². The van der Waals surface area contributed by atoms with E-state index in [1.165, 1.54) is 10.9 Å². The van der Waals surface area contributed by atoms with E-state index in [2.05, 4.69) is 19.6 Å². The number of likely N-dealkylation sites (N-methyl/N-ethyl adjacent to an activating group) is 1. The molecule has 1 heterocycles. The van der Waals surface area contributed by atoms with Crippen molar-refractivity contribution >= 4 is 14.2 Å². The molecule has 1 saturated heterocycles. The highest BCUT2D eigenvalue weighted by atomic mass is 28.3. The summed E-state index contributed by atoms with van der Waals surface area (Å²) in [6.45, 7) is 9.15. The topological polar surface area (TPSA) is 75.8 Å². The van der Waals surface area contributed by atoms with E-state index < -0.39 is 14.2 Å². The average molecular weight is 317 g/mol. The molecule has 0 radical (unpaired) electrons. The largest absolute Gasteiger partial charge is 0.465 e. The first kappa shape index (κ1) is 18.5. The van der Waals surface area contributed by atoms with E-state index in [1.54, 1.807) is 7.05 Å². The first-order valence-electron chi connectivity index (χ1n) is 7.98. The van der Waals surface area contributed by atoms with Gasteiger partial charge in [0.1, 0.15) is 0 Å². The fraction of sp³-hybridized carbons (Fsp3) is 0.933. The highest BCUT2D eigenvalue weighted by molar-refractivity contribution is 6.76. The normalized spacial score (nSPS) is 22.6. The maximum Gasteiger partial charge on any atom is 0.407 e. The van der Waals surface area contributed by atoms with Crippen molar-refractivity contribution in [3.05, 3.63) is 0 Å². The van der Waals surface area contributed by atoms with E-state index in [4.69, 9.17) is 15.6 Å². The van der Waals surface area contributed by atoms with Gasteiger partial charge in [-0.25, -0.2) is 4.79 Å². The van der Waals surface area contributed by atoms with Crippen LogP contribution in [-0.2, 0) is 4.74 Å². The van der Waals surface area contributed by atoms with Crippen LogP contribution in [0.1, 0.15) is 19.3 Å². The minimum absolute atomic E-state index is 0.103. The van der Waals surface area contributed by atoms with Crippen LogP contribution in [0.25, 0.3) is 0 Å². The molecule has 1 aliphatic heterocycles. The van der Waals surface area contributed by atoms with Gasteiger partial charge in [0.15, 0.2) is 0 Å². The van der Waals surface area contributed by atoms with Crippen LogP contribution >= 0.6 is 0 Å². The predicted molar refractivity (Wildman–Crippen MR) is 88.4 cm³/mol. The van der Waals surface area contributed by atoms with Crippen LogP contribution < -0.4 is 5.73 Å². The van der Waals surface area contributed by atoms with Crippen LogP contribution in [0, 0.1) is 11.8 Å². The Morgan fingerprint density at radius 2 is 2.14 bits per heavy atom. The lowest BCUT2D eigenvalue weighted by atomic mass is 9.81. The van der Waals surface area contributed by atoms with Gasteiger partial charge in [-0.1, -0.05) is 32.1 Å². The first-order chi connectivity index (χ1) is 9.70. The molecule has 0 aromatic rings. The van der Waals surface area contributed by atoms with E-state index in [-0.39, 0.29) is 6.04 Å². The third-order valence-electron chi connectivity index (χ3n) is 4.39. The summed E-state index contributed by atoms with van der Waals surface area (Å²) >= 11 is 0. The summed E-state index contributed by atoms with van der Waals surface area (Å²) in [4.78, 5) is 12.3. The number of rotatable bonds is 7. The SMILES string of the molecule is CN(C[C@@H](N)C(CC[Si](C)(C)C)[C@H]1CCCOC1)C(=O)O. The molecule has 0 aliphatic carbocycles. The zero-order valence-corrected chi connectivity index (χ0v) is 15.0. The Bertz CT molecular complexity index is 327. The molecule has 0 aromatic heterocycles. The third-order valence-corrected chi connectivity index (χ3v) is 6.18. The van der Waals surface area contributed by atoms with E-state index in [0.29, 0.717) is 18.4 Å². The Hall–Kier alpha value is -0.593. The first-order valence-corrected chi connectivity index (χ1v) is 11.7. The van der Waals surface area contributed by atoms with Crippen LogP contribution in [0.4, 0.5) is 4.79 Å². The quantitative estimate of drug-likeness (QED) is 0.708. The number of carboxylic acid groups (broad SMARTS) is 1. The molecule has 1 rings (SSSR count). The lowest BCUT2D eigenvalue weighted by Crippen LogP contribution is -2.46. The number of hydrogen-bond acceptors (Lipinski definition) is 3. The predicted octanol–water partition coefficient (Wildman–Crippen LogP) is 2.69. The second kappa shape index (κ2) is 8.15. The van der Waals surface area contributed by atoms with Crippen molar-refractivity contribution in [2.24, 2.45) is 17.6 Å². The van der Waals surface area contributed by atoms with Gasteiger partial charge in [-0.2, -0.15) is 0 Å². The monoisotopic (exact) mass is 316 g/mol. The van der Waals surface area contributed by atoms with Crippen LogP contribution in [-0.4, -0.2) is 57.0 Å². The molecule has 0 spiro atoms. The maximum absolute atomic E-state index is 11.0. The Labute approximate surface area is 129 Å². The van der Waals surface area contributed by atoms with Crippen molar-refractivity contribution in [3.8, 4) is 0 Å². The van der Waals surface area contributed by atoms with E-state index in [9.17, 15) is 4.79 Å². The molecule has 3 N–H and O–H groups in total. The van der Waals surface area contributed by atoms with Crippen molar-refractivity contribution in [1.29, 1.82) is 0 Å². The number of carbonyl (C=O) groups is 1. The van der Waals surface area contributed by atoms with Gasteiger partial charge in [0, 0.05) is 40.9 Å². The fourth-order valence-corrected chi connectivity index (χ4v) is 4.23. The summed E-state index contributed by atoms with van der Waals surface area (Å²) < 4.78 is 5.62. The van der Waals surface area contributed by atoms with Gasteiger partial charge in [0.25, 0.3) is 0 Å². The molecule has 1 fully saturated rings. The summed E-state index contributed by atoms with van der Waals surface area (Å²) in [6, 6.07) is 1.13. The number of hydrogen-bond donors (Lipinski definition) is 2. The van der Waals surface area contributed by atoms with Gasteiger partial charge < -0.3 is 20.5 Å². The Morgan fingerprint density at radius 1 is 1.48 bits per heavy atom. The van der Waals surface area contributed by atoms with Gasteiger partial charge in [0.05, 0.1) is 0 Å². The molecule has 0 aromatic carbocycles. The van der Waals surface area contributed by atoms with Crippen LogP contribution in [0.5, 0.6) is 0 Å². The molecule has 21 heavy (non-hydrogen) atoms. The fourth-order valence-electron chi connectivity index (χ4n) is 3.03. The van der Waals surface area contributed by atoms with E-state index in [1.807, 2.05) is 0 Å². The van der Waals surface area contributed by atoms with Crippen molar-refractivity contribution in [3.63, 3.8) is 0 Å². The molecule has 6 heteroatoms. The molecule has 1 aliphatic rings. The van der Waals surface area contributed by atoms with Crippen LogP contribution in [0.2, 0.25) is 25.7 Å². The van der Waals surface area contributed by atoms with Gasteiger partial charge >= 0.3 is 6.09 Å². The number of ether oxygens (including phenoxy) is 1. The van der Waals surface area contributed by atoms with Crippen molar-refractivity contribution in [2.45, 2.75) is 51.0 Å². The molecule has 1 amide bonds. The average Bonchev–Trinajstić information content (AvgIpc) is 2.38. The second-order valence-electron chi connectivity index (χ2n) is 7.57. The molecule has 124 valence electrons. The standard InChI is InChI=1S/C15H32N2O3Si/c1-17(15(18)19)10-14(16)13(7-9-21(2,3)4)12-6-5-8-20-11-12/h12-14H,5-11,16H2,1-4H3,(H,18,19)/t12-,13?,14+/m0/s1.